The highest BCUT2D eigenvalue weighted by atomic mass is 19.1. The normalized spacial score (nSPS) is 19.9. The van der Waals surface area contributed by atoms with E-state index < -0.39 is 23.6 Å². The number of carbonyl (C=O) groups excluding carboxylic acids is 1. The molecule has 1 fully saturated rings. The van der Waals surface area contributed by atoms with Crippen LogP contribution in [-0.4, -0.2) is 35.0 Å². The van der Waals surface area contributed by atoms with Gasteiger partial charge in [0.25, 0.3) is 5.91 Å². The van der Waals surface area contributed by atoms with Gasteiger partial charge in [0, 0.05) is 24.6 Å². The number of carboxylic acid groups (broad SMARTS) is 1. The second-order valence-corrected chi connectivity index (χ2v) is 8.14. The van der Waals surface area contributed by atoms with Crippen LogP contribution in [0.2, 0.25) is 0 Å². The molecule has 2 aromatic rings. The van der Waals surface area contributed by atoms with Gasteiger partial charge in [0.2, 0.25) is 0 Å². The number of amides is 1. The Hall–Kier alpha value is -2.69. The number of hydrogen-bond acceptors (Lipinski definition) is 2. The zero-order chi connectivity index (χ0) is 19.8. The van der Waals surface area contributed by atoms with Crippen LogP contribution in [0.5, 0.6) is 0 Å². The molecule has 1 heterocycles. The lowest BCUT2D eigenvalue weighted by atomic mass is 9.86. The number of carboxylic acids is 1. The first-order valence-corrected chi connectivity index (χ1v) is 9.05. The van der Waals surface area contributed by atoms with Crippen LogP contribution in [0.15, 0.2) is 48.5 Å². The van der Waals surface area contributed by atoms with Gasteiger partial charge in [-0.15, -0.1) is 0 Å². The van der Waals surface area contributed by atoms with Gasteiger partial charge in [-0.05, 0) is 40.8 Å². The van der Waals surface area contributed by atoms with Gasteiger partial charge in [-0.25, -0.2) is 4.39 Å². The van der Waals surface area contributed by atoms with Crippen LogP contribution in [0, 0.1) is 11.7 Å². The Kier molecular flexibility index (Phi) is 5.05. The molecule has 0 aliphatic carbocycles. The third kappa shape index (κ3) is 4.02. The highest BCUT2D eigenvalue weighted by Crippen LogP contribution is 2.34. The van der Waals surface area contributed by atoms with Crippen molar-refractivity contribution in [3.8, 4) is 0 Å². The van der Waals surface area contributed by atoms with E-state index in [0.717, 1.165) is 5.56 Å². The average molecular weight is 369 g/mol. The molecule has 1 aliphatic heterocycles. The van der Waals surface area contributed by atoms with Gasteiger partial charge in [-0.1, -0.05) is 45.0 Å². The van der Waals surface area contributed by atoms with Gasteiger partial charge in [-0.2, -0.15) is 0 Å². The number of benzene rings is 2. The Bertz CT molecular complexity index is 855. The lowest BCUT2D eigenvalue weighted by Gasteiger charge is -2.20. The summed E-state index contributed by atoms with van der Waals surface area (Å²) >= 11 is 0. The Morgan fingerprint density at radius 1 is 1.07 bits per heavy atom. The van der Waals surface area contributed by atoms with Crippen molar-refractivity contribution in [2.45, 2.75) is 32.1 Å². The molecule has 0 aromatic heterocycles. The average Bonchev–Trinajstić information content (AvgIpc) is 3.06. The summed E-state index contributed by atoms with van der Waals surface area (Å²) < 4.78 is 13.6. The summed E-state index contributed by atoms with van der Waals surface area (Å²) in [6, 6.07) is 13.4. The van der Waals surface area contributed by atoms with Gasteiger partial charge in [0.15, 0.2) is 0 Å². The predicted molar refractivity (Wildman–Crippen MR) is 101 cm³/mol. The second kappa shape index (κ2) is 7.14. The Balaban J connectivity index is 1.83. The lowest BCUT2D eigenvalue weighted by Crippen LogP contribution is -2.30. The zero-order valence-corrected chi connectivity index (χ0v) is 15.8. The summed E-state index contributed by atoms with van der Waals surface area (Å²) in [5.74, 6) is -2.73. The van der Waals surface area contributed by atoms with Gasteiger partial charge >= 0.3 is 5.97 Å². The minimum atomic E-state index is -0.970. The zero-order valence-electron chi connectivity index (χ0n) is 15.8. The van der Waals surface area contributed by atoms with Gasteiger partial charge in [0.1, 0.15) is 5.82 Å². The minimum Gasteiger partial charge on any atom is -0.481 e. The molecule has 1 aliphatic rings. The molecule has 4 nitrogen and oxygen atoms in total. The summed E-state index contributed by atoms with van der Waals surface area (Å²) in [6.45, 7) is 6.69. The fourth-order valence-corrected chi connectivity index (χ4v) is 3.59. The van der Waals surface area contributed by atoms with E-state index in [0.29, 0.717) is 11.1 Å². The number of hydrogen-bond donors (Lipinski definition) is 1. The first-order valence-electron chi connectivity index (χ1n) is 9.05. The van der Waals surface area contributed by atoms with Crippen LogP contribution in [0.25, 0.3) is 0 Å². The molecule has 2 aromatic carbocycles. The van der Waals surface area contributed by atoms with E-state index >= 15 is 0 Å². The lowest BCUT2D eigenvalue weighted by molar-refractivity contribution is -0.141. The molecule has 1 saturated heterocycles. The first kappa shape index (κ1) is 19.1. The van der Waals surface area contributed by atoms with Crippen molar-refractivity contribution in [1.29, 1.82) is 0 Å². The fourth-order valence-electron chi connectivity index (χ4n) is 3.59. The molecule has 0 unspecified atom stereocenters. The summed E-state index contributed by atoms with van der Waals surface area (Å²) in [6.07, 6.45) is 0. The standard InChI is InChI=1S/C22H24FNO3/c1-22(2,3)16-9-7-14(8-10-16)20(25)24-12-18(19(13-24)21(26)27)15-5-4-6-17(23)11-15/h4-11,18-19H,12-13H2,1-3H3,(H,26,27)/t18-,19+/m1/s1. The highest BCUT2D eigenvalue weighted by molar-refractivity contribution is 5.95. The molecule has 0 saturated carbocycles. The fraction of sp³-hybridized carbons (Fsp3) is 0.364. The smallest absolute Gasteiger partial charge is 0.308 e. The van der Waals surface area contributed by atoms with E-state index in [1.807, 2.05) is 12.1 Å². The second-order valence-electron chi connectivity index (χ2n) is 8.14. The minimum absolute atomic E-state index is 0.00783. The summed E-state index contributed by atoms with van der Waals surface area (Å²) in [5.41, 5.74) is 2.26. The molecule has 1 amide bonds. The SMILES string of the molecule is CC(C)(C)c1ccc(C(=O)N2C[C@H](C(=O)O)[C@@H](c3cccc(F)c3)C2)cc1. The summed E-state index contributed by atoms with van der Waals surface area (Å²) in [5, 5.41) is 9.58. The van der Waals surface area contributed by atoms with E-state index in [-0.39, 0.29) is 24.4 Å². The summed E-state index contributed by atoms with van der Waals surface area (Å²) in [7, 11) is 0. The molecular formula is C22H24FNO3. The van der Waals surface area contributed by atoms with E-state index in [1.54, 1.807) is 29.2 Å². The van der Waals surface area contributed by atoms with Crippen molar-refractivity contribution >= 4 is 11.9 Å². The van der Waals surface area contributed by atoms with Crippen LogP contribution >= 0.6 is 0 Å². The molecule has 0 spiro atoms. The topological polar surface area (TPSA) is 57.6 Å². The van der Waals surface area contributed by atoms with Gasteiger partial charge in [0.05, 0.1) is 5.92 Å². The van der Waals surface area contributed by atoms with Crippen LogP contribution in [0.1, 0.15) is 48.2 Å². The molecule has 142 valence electrons. The first-order chi connectivity index (χ1) is 12.7. The largest absolute Gasteiger partial charge is 0.481 e. The van der Waals surface area contributed by atoms with E-state index in [1.165, 1.54) is 12.1 Å². The number of nitrogens with zero attached hydrogens (tertiary/aromatic N) is 1. The van der Waals surface area contributed by atoms with Crippen LogP contribution < -0.4 is 0 Å². The summed E-state index contributed by atoms with van der Waals surface area (Å²) in [4.78, 5) is 26.1. The molecule has 2 atom stereocenters. The molecule has 0 radical (unpaired) electrons. The van der Waals surface area contributed by atoms with Crippen molar-refractivity contribution in [3.63, 3.8) is 0 Å². The van der Waals surface area contributed by atoms with Crippen molar-refractivity contribution in [2.75, 3.05) is 13.1 Å². The molecule has 3 rings (SSSR count). The number of halogens is 1. The highest BCUT2D eigenvalue weighted by Gasteiger charge is 2.40. The van der Waals surface area contributed by atoms with Gasteiger partial charge < -0.3 is 10.0 Å². The van der Waals surface area contributed by atoms with Crippen LogP contribution in [0.4, 0.5) is 4.39 Å². The molecule has 1 N–H and O–H groups in total. The molecule has 5 heteroatoms. The number of aliphatic carboxylic acids is 1. The van der Waals surface area contributed by atoms with Crippen LogP contribution in [0.3, 0.4) is 0 Å². The van der Waals surface area contributed by atoms with Gasteiger partial charge in [-0.3, -0.25) is 9.59 Å². The molecule has 0 bridgehead atoms. The Labute approximate surface area is 158 Å². The third-order valence-corrected chi connectivity index (χ3v) is 5.20. The number of likely N-dealkylation sites (tertiary alicyclic amines) is 1. The predicted octanol–water partition coefficient (Wildman–Crippen LogP) is 4.06. The van der Waals surface area contributed by atoms with Crippen molar-refractivity contribution in [1.82, 2.24) is 4.90 Å². The van der Waals surface area contributed by atoms with Crippen molar-refractivity contribution in [3.05, 3.63) is 71.0 Å². The van der Waals surface area contributed by atoms with Crippen molar-refractivity contribution in [2.24, 2.45) is 5.92 Å². The van der Waals surface area contributed by atoms with E-state index in [2.05, 4.69) is 20.8 Å². The van der Waals surface area contributed by atoms with E-state index in [9.17, 15) is 19.1 Å². The number of carbonyl (C=O) groups is 2. The maximum atomic E-state index is 13.6. The third-order valence-electron chi connectivity index (χ3n) is 5.20. The maximum Gasteiger partial charge on any atom is 0.308 e. The quantitative estimate of drug-likeness (QED) is 0.887. The van der Waals surface area contributed by atoms with Crippen LogP contribution in [-0.2, 0) is 10.2 Å². The Morgan fingerprint density at radius 3 is 2.30 bits per heavy atom. The van der Waals surface area contributed by atoms with E-state index in [4.69, 9.17) is 0 Å². The molecular weight excluding hydrogens is 345 g/mol. The van der Waals surface area contributed by atoms with Crippen molar-refractivity contribution < 1.29 is 19.1 Å². The maximum absolute atomic E-state index is 13.6. The number of rotatable bonds is 3. The Morgan fingerprint density at radius 2 is 1.74 bits per heavy atom. The molecule has 27 heavy (non-hydrogen) atoms. The monoisotopic (exact) mass is 369 g/mol.